The molecule has 0 radical (unpaired) electrons. The van der Waals surface area contributed by atoms with Gasteiger partial charge in [-0.1, -0.05) is 11.3 Å². The second kappa shape index (κ2) is 9.04. The van der Waals surface area contributed by atoms with Crippen molar-refractivity contribution in [3.8, 4) is 5.75 Å². The Bertz CT molecular complexity index is 873. The molecular weight excluding hydrogens is 393 g/mol. The third-order valence-corrected chi connectivity index (χ3v) is 5.67. The number of rotatable bonds is 7. The summed E-state index contributed by atoms with van der Waals surface area (Å²) in [6.45, 7) is 10.8. The molecule has 9 heteroatoms. The molecule has 1 fully saturated rings. The molecule has 158 valence electrons. The third kappa shape index (κ3) is 5.63. The second-order valence-electron chi connectivity index (χ2n) is 7.80. The maximum atomic E-state index is 14.1. The average Bonchev–Trinajstić information content (AvgIpc) is 3.11. The molecule has 1 saturated heterocycles. The highest BCUT2D eigenvalue weighted by atomic mass is 32.1. The molecular formula is C20H28FN5O2S. The first kappa shape index (κ1) is 21.4. The van der Waals surface area contributed by atoms with Crippen molar-refractivity contribution in [2.75, 3.05) is 17.2 Å². The average molecular weight is 422 g/mol. The molecule has 2 unspecified atom stereocenters. The third-order valence-electron chi connectivity index (χ3n) is 4.74. The summed E-state index contributed by atoms with van der Waals surface area (Å²) in [6.07, 6.45) is 2.63. The Hall–Kier alpha value is -2.26. The number of aromatic nitrogens is 2. The van der Waals surface area contributed by atoms with Crippen LogP contribution in [0.3, 0.4) is 0 Å². The van der Waals surface area contributed by atoms with E-state index >= 15 is 0 Å². The Kier molecular flexibility index (Phi) is 6.69. The smallest absolute Gasteiger partial charge is 0.230 e. The topological polar surface area (TPSA) is 79.4 Å². The number of pyridine rings is 1. The first-order valence-corrected chi connectivity index (χ1v) is 10.6. The van der Waals surface area contributed by atoms with Gasteiger partial charge < -0.3 is 15.4 Å². The molecule has 2 atom stereocenters. The van der Waals surface area contributed by atoms with Crippen LogP contribution in [0.1, 0.15) is 44.6 Å². The number of ether oxygens (including phenoxy) is 1. The van der Waals surface area contributed by atoms with E-state index in [4.69, 9.17) is 4.74 Å². The van der Waals surface area contributed by atoms with Crippen LogP contribution in [-0.4, -0.2) is 45.5 Å². The van der Waals surface area contributed by atoms with Gasteiger partial charge in [0.15, 0.2) is 5.13 Å². The lowest BCUT2D eigenvalue weighted by Crippen LogP contribution is -2.28. The highest BCUT2D eigenvalue weighted by Crippen LogP contribution is 2.30. The van der Waals surface area contributed by atoms with Gasteiger partial charge in [0.1, 0.15) is 17.7 Å². The maximum absolute atomic E-state index is 14.1. The highest BCUT2D eigenvalue weighted by molar-refractivity contribution is 7.15. The number of carbonyl (C=O) groups excluding carboxylic acids is 1. The molecule has 0 saturated carbocycles. The summed E-state index contributed by atoms with van der Waals surface area (Å²) in [5.74, 6) is 0.827. The van der Waals surface area contributed by atoms with Crippen molar-refractivity contribution < 1.29 is 13.9 Å². The Labute approximate surface area is 174 Å². The summed E-state index contributed by atoms with van der Waals surface area (Å²) in [5, 5.41) is 6.12. The molecule has 3 heterocycles. The van der Waals surface area contributed by atoms with Crippen LogP contribution >= 0.6 is 11.3 Å². The Morgan fingerprint density at radius 3 is 2.90 bits per heavy atom. The van der Waals surface area contributed by atoms with Gasteiger partial charge in [-0.2, -0.15) is 9.37 Å². The first-order chi connectivity index (χ1) is 13.7. The maximum Gasteiger partial charge on any atom is 0.230 e. The van der Waals surface area contributed by atoms with Crippen molar-refractivity contribution >= 4 is 28.2 Å². The molecule has 1 aliphatic rings. The lowest BCUT2D eigenvalue weighted by atomic mass is 10.2. The van der Waals surface area contributed by atoms with E-state index in [-0.39, 0.29) is 18.1 Å². The van der Waals surface area contributed by atoms with Crippen LogP contribution in [0.25, 0.3) is 0 Å². The number of anilines is 2. The van der Waals surface area contributed by atoms with E-state index in [1.54, 1.807) is 6.20 Å². The van der Waals surface area contributed by atoms with Crippen molar-refractivity contribution in [3.63, 3.8) is 0 Å². The summed E-state index contributed by atoms with van der Waals surface area (Å²) < 4.78 is 20.3. The minimum Gasteiger partial charge on any atom is -0.487 e. The first-order valence-electron chi connectivity index (χ1n) is 9.78. The van der Waals surface area contributed by atoms with Gasteiger partial charge in [-0.05, 0) is 39.3 Å². The van der Waals surface area contributed by atoms with Crippen LogP contribution in [0.5, 0.6) is 5.75 Å². The summed E-state index contributed by atoms with van der Waals surface area (Å²) in [6, 6.07) is 2.55. The number of hydrogen-bond donors (Lipinski definition) is 2. The lowest BCUT2D eigenvalue weighted by Gasteiger charge is -2.19. The number of amides is 1. The second-order valence-corrected chi connectivity index (χ2v) is 8.89. The predicted octanol–water partition coefficient (Wildman–Crippen LogP) is 3.81. The Morgan fingerprint density at radius 2 is 2.24 bits per heavy atom. The number of likely N-dealkylation sites (tertiary alicyclic amines) is 1. The summed E-state index contributed by atoms with van der Waals surface area (Å²) in [4.78, 5) is 22.1. The monoisotopic (exact) mass is 421 g/mol. The predicted molar refractivity (Wildman–Crippen MR) is 113 cm³/mol. The molecule has 0 aliphatic carbocycles. The van der Waals surface area contributed by atoms with Crippen LogP contribution in [0.2, 0.25) is 0 Å². The highest BCUT2D eigenvalue weighted by Gasteiger charge is 2.32. The number of nitrogens with zero attached hydrogens (tertiary/aromatic N) is 3. The van der Waals surface area contributed by atoms with E-state index < -0.39 is 5.95 Å². The largest absolute Gasteiger partial charge is 0.487 e. The van der Waals surface area contributed by atoms with Gasteiger partial charge in [0.05, 0.1) is 11.1 Å². The zero-order chi connectivity index (χ0) is 21.1. The molecule has 2 N–H and O–H groups in total. The Balaban J connectivity index is 1.61. The number of aryl methyl sites for hydroxylation is 1. The number of nitrogens with one attached hydrogen (secondary N) is 2. The normalized spacial score (nSPS) is 19.6. The van der Waals surface area contributed by atoms with Crippen LogP contribution in [0.4, 0.5) is 15.3 Å². The zero-order valence-corrected chi connectivity index (χ0v) is 18.3. The summed E-state index contributed by atoms with van der Waals surface area (Å²) in [7, 11) is 0. The van der Waals surface area contributed by atoms with Crippen molar-refractivity contribution in [2.24, 2.45) is 0 Å². The van der Waals surface area contributed by atoms with Gasteiger partial charge in [0, 0.05) is 38.5 Å². The van der Waals surface area contributed by atoms with E-state index in [1.807, 2.05) is 13.0 Å². The molecule has 1 amide bonds. The summed E-state index contributed by atoms with van der Waals surface area (Å²) >= 11 is 1.17. The van der Waals surface area contributed by atoms with Gasteiger partial charge in [0.2, 0.25) is 11.9 Å². The zero-order valence-electron chi connectivity index (χ0n) is 17.5. The lowest BCUT2D eigenvalue weighted by molar-refractivity contribution is -0.114. The fourth-order valence-corrected chi connectivity index (χ4v) is 4.31. The molecule has 7 nitrogen and oxygen atoms in total. The van der Waals surface area contributed by atoms with Gasteiger partial charge in [0.25, 0.3) is 0 Å². The van der Waals surface area contributed by atoms with Crippen LogP contribution in [0, 0.1) is 12.9 Å². The van der Waals surface area contributed by atoms with E-state index in [2.05, 4.69) is 46.3 Å². The number of hydrogen-bond acceptors (Lipinski definition) is 7. The van der Waals surface area contributed by atoms with E-state index in [0.29, 0.717) is 29.1 Å². The van der Waals surface area contributed by atoms with Crippen LogP contribution < -0.4 is 15.4 Å². The number of halogens is 1. The molecule has 29 heavy (non-hydrogen) atoms. The number of thiazole rings is 1. The molecule has 2 aromatic rings. The molecule has 0 aromatic carbocycles. The van der Waals surface area contributed by atoms with E-state index in [0.717, 1.165) is 23.6 Å². The fourth-order valence-electron chi connectivity index (χ4n) is 3.39. The Morgan fingerprint density at radius 1 is 1.48 bits per heavy atom. The fraction of sp³-hybridized carbons (Fsp3) is 0.550. The molecule has 0 spiro atoms. The van der Waals surface area contributed by atoms with Crippen molar-refractivity contribution in [3.05, 3.63) is 28.7 Å². The number of carbonyl (C=O) groups is 1. The van der Waals surface area contributed by atoms with Crippen LogP contribution in [-0.2, 0) is 11.3 Å². The van der Waals surface area contributed by atoms with Gasteiger partial charge in [-0.15, -0.1) is 0 Å². The molecule has 3 rings (SSSR count). The van der Waals surface area contributed by atoms with E-state index in [9.17, 15) is 9.18 Å². The molecule has 2 aromatic heterocycles. The van der Waals surface area contributed by atoms with Gasteiger partial charge in [-0.3, -0.25) is 9.69 Å². The summed E-state index contributed by atoms with van der Waals surface area (Å²) in [5.41, 5.74) is 1.03. The standard InChI is InChI=1S/C20H28FN5O2S/c1-11(2)23-18-6-12(3)16(8-22-18)28-15-7-13(4)26(9-15)10-17-19(21)25-20(29-17)24-14(5)27/h6,8,11,13,15H,7,9-10H2,1-5H3,(H,22,23)(H,24,25,27). The van der Waals surface area contributed by atoms with Crippen molar-refractivity contribution in [1.82, 2.24) is 14.9 Å². The quantitative estimate of drug-likeness (QED) is 0.708. The van der Waals surface area contributed by atoms with Crippen LogP contribution in [0.15, 0.2) is 12.3 Å². The van der Waals surface area contributed by atoms with E-state index in [1.165, 1.54) is 18.3 Å². The molecule has 1 aliphatic heterocycles. The minimum absolute atomic E-state index is 0.0141. The SMILES string of the molecule is CC(=O)Nc1nc(F)c(CN2CC(Oc3cnc(NC(C)C)cc3C)CC2C)s1. The van der Waals surface area contributed by atoms with Gasteiger partial charge in [-0.25, -0.2) is 4.98 Å². The van der Waals surface area contributed by atoms with Gasteiger partial charge >= 0.3 is 0 Å². The van der Waals surface area contributed by atoms with Crippen molar-refractivity contribution in [1.29, 1.82) is 0 Å². The van der Waals surface area contributed by atoms with Crippen molar-refractivity contribution in [2.45, 2.75) is 65.8 Å². The minimum atomic E-state index is -0.524. The molecule has 0 bridgehead atoms.